The molecule has 0 radical (unpaired) electrons. The summed E-state index contributed by atoms with van der Waals surface area (Å²) < 4.78 is 0. The third kappa shape index (κ3) is 2.47. The van der Waals surface area contributed by atoms with Gasteiger partial charge in [0, 0.05) is 20.1 Å². The lowest BCUT2D eigenvalue weighted by Gasteiger charge is -2.17. The van der Waals surface area contributed by atoms with Crippen LogP contribution >= 0.6 is 0 Å². The third-order valence-corrected chi connectivity index (χ3v) is 2.28. The van der Waals surface area contributed by atoms with E-state index in [-0.39, 0.29) is 11.7 Å². The number of hydrogen-bond acceptors (Lipinski definition) is 3. The summed E-state index contributed by atoms with van der Waals surface area (Å²) in [7, 11) is 1.66. The number of benzene rings is 1. The van der Waals surface area contributed by atoms with Crippen molar-refractivity contribution in [3.63, 3.8) is 0 Å². The van der Waals surface area contributed by atoms with Gasteiger partial charge in [-0.15, -0.1) is 0 Å². The molecule has 1 aromatic rings. The van der Waals surface area contributed by atoms with Gasteiger partial charge in [0.15, 0.2) is 0 Å². The van der Waals surface area contributed by atoms with E-state index in [4.69, 9.17) is 5.73 Å². The fourth-order valence-corrected chi connectivity index (χ4v) is 1.33. The molecule has 3 N–H and O–H groups in total. The molecule has 82 valence electrons. The monoisotopic (exact) mass is 208 g/mol. The van der Waals surface area contributed by atoms with E-state index in [0.717, 1.165) is 0 Å². The zero-order chi connectivity index (χ0) is 11.4. The van der Waals surface area contributed by atoms with Crippen LogP contribution in [0, 0.1) is 6.92 Å². The highest BCUT2D eigenvalue weighted by Gasteiger charge is 2.15. The lowest BCUT2D eigenvalue weighted by Crippen LogP contribution is -2.31. The zero-order valence-corrected chi connectivity index (χ0v) is 9.03. The van der Waals surface area contributed by atoms with Crippen LogP contribution in [-0.4, -0.2) is 36.1 Å². The highest BCUT2D eigenvalue weighted by molar-refractivity contribution is 5.97. The molecule has 0 aliphatic heterocycles. The summed E-state index contributed by atoms with van der Waals surface area (Å²) in [6.07, 6.45) is 0. The van der Waals surface area contributed by atoms with Crippen LogP contribution in [0.3, 0.4) is 0 Å². The number of nitrogens with two attached hydrogens (primary N) is 1. The Hall–Kier alpha value is -1.55. The van der Waals surface area contributed by atoms with Crippen molar-refractivity contribution >= 4 is 5.91 Å². The van der Waals surface area contributed by atoms with Gasteiger partial charge in [0.1, 0.15) is 5.75 Å². The number of para-hydroxylation sites is 1. The number of likely N-dealkylation sites (N-methyl/N-ethyl adjacent to an activating group) is 1. The molecule has 1 rings (SSSR count). The molecule has 0 saturated carbocycles. The van der Waals surface area contributed by atoms with Gasteiger partial charge in [0.05, 0.1) is 5.56 Å². The van der Waals surface area contributed by atoms with Crippen molar-refractivity contribution in [2.75, 3.05) is 20.1 Å². The first-order valence-corrected chi connectivity index (χ1v) is 4.82. The molecule has 0 spiro atoms. The molecule has 0 aliphatic carbocycles. The fourth-order valence-electron chi connectivity index (χ4n) is 1.33. The number of rotatable bonds is 3. The molecular formula is C11H16N2O2. The molecule has 0 fully saturated rings. The number of hydrogen-bond donors (Lipinski definition) is 2. The SMILES string of the molecule is Cc1cccc(C(=O)N(C)CCN)c1O. The summed E-state index contributed by atoms with van der Waals surface area (Å²) in [5.41, 5.74) is 6.38. The van der Waals surface area contributed by atoms with Crippen LogP contribution < -0.4 is 5.73 Å². The van der Waals surface area contributed by atoms with Crippen LogP contribution in [0.5, 0.6) is 5.75 Å². The van der Waals surface area contributed by atoms with Gasteiger partial charge in [-0.2, -0.15) is 0 Å². The number of aryl methyl sites for hydroxylation is 1. The van der Waals surface area contributed by atoms with E-state index in [2.05, 4.69) is 0 Å². The first-order valence-electron chi connectivity index (χ1n) is 4.82. The normalized spacial score (nSPS) is 10.1. The molecule has 0 heterocycles. The van der Waals surface area contributed by atoms with Crippen molar-refractivity contribution in [2.45, 2.75) is 6.92 Å². The first kappa shape index (κ1) is 11.5. The largest absolute Gasteiger partial charge is 0.507 e. The fraction of sp³-hybridized carbons (Fsp3) is 0.364. The van der Waals surface area contributed by atoms with E-state index in [1.54, 1.807) is 32.2 Å². The zero-order valence-electron chi connectivity index (χ0n) is 9.03. The average Bonchev–Trinajstić information content (AvgIpc) is 2.21. The maximum Gasteiger partial charge on any atom is 0.257 e. The van der Waals surface area contributed by atoms with E-state index >= 15 is 0 Å². The van der Waals surface area contributed by atoms with E-state index < -0.39 is 0 Å². The molecule has 0 unspecified atom stereocenters. The van der Waals surface area contributed by atoms with E-state index in [1.165, 1.54) is 4.90 Å². The topological polar surface area (TPSA) is 66.6 Å². The highest BCUT2D eigenvalue weighted by atomic mass is 16.3. The summed E-state index contributed by atoms with van der Waals surface area (Å²) in [5.74, 6) is -0.159. The van der Waals surface area contributed by atoms with E-state index in [0.29, 0.717) is 24.2 Å². The standard InChI is InChI=1S/C11H16N2O2/c1-8-4-3-5-9(10(8)14)11(15)13(2)7-6-12/h3-5,14H,6-7,12H2,1-2H3. The molecule has 4 nitrogen and oxygen atoms in total. The Morgan fingerprint density at radius 2 is 2.20 bits per heavy atom. The molecule has 0 aliphatic rings. The van der Waals surface area contributed by atoms with Crippen LogP contribution in [-0.2, 0) is 0 Å². The van der Waals surface area contributed by atoms with Gasteiger partial charge in [-0.3, -0.25) is 4.79 Å². The van der Waals surface area contributed by atoms with Gasteiger partial charge in [-0.1, -0.05) is 12.1 Å². The maximum absolute atomic E-state index is 11.8. The van der Waals surface area contributed by atoms with Crippen LogP contribution in [0.4, 0.5) is 0 Å². The number of aromatic hydroxyl groups is 1. The van der Waals surface area contributed by atoms with E-state index in [1.807, 2.05) is 0 Å². The number of phenols is 1. The summed E-state index contributed by atoms with van der Waals surface area (Å²) >= 11 is 0. The van der Waals surface area contributed by atoms with Crippen molar-refractivity contribution in [3.05, 3.63) is 29.3 Å². The quantitative estimate of drug-likeness (QED) is 0.769. The van der Waals surface area contributed by atoms with Crippen LogP contribution in [0.2, 0.25) is 0 Å². The molecule has 0 saturated heterocycles. The van der Waals surface area contributed by atoms with Crippen molar-refractivity contribution in [1.82, 2.24) is 4.90 Å². The van der Waals surface area contributed by atoms with Crippen molar-refractivity contribution in [2.24, 2.45) is 5.73 Å². The molecule has 1 aromatic carbocycles. The Morgan fingerprint density at radius 3 is 2.80 bits per heavy atom. The molecule has 1 amide bonds. The Bertz CT molecular complexity index is 364. The average molecular weight is 208 g/mol. The van der Waals surface area contributed by atoms with Crippen LogP contribution in [0.25, 0.3) is 0 Å². The number of phenolic OH excluding ortho intramolecular Hbond substituents is 1. The van der Waals surface area contributed by atoms with Gasteiger partial charge in [0.2, 0.25) is 0 Å². The van der Waals surface area contributed by atoms with Crippen molar-refractivity contribution < 1.29 is 9.90 Å². The predicted octanol–water partition coefficient (Wildman–Crippen LogP) is 0.731. The van der Waals surface area contributed by atoms with Gasteiger partial charge in [0.25, 0.3) is 5.91 Å². The number of nitrogens with zero attached hydrogens (tertiary/aromatic N) is 1. The second-order valence-electron chi connectivity index (χ2n) is 3.49. The smallest absolute Gasteiger partial charge is 0.257 e. The van der Waals surface area contributed by atoms with Crippen LogP contribution in [0.15, 0.2) is 18.2 Å². The Labute approximate surface area is 89.3 Å². The maximum atomic E-state index is 11.8. The van der Waals surface area contributed by atoms with Crippen molar-refractivity contribution in [1.29, 1.82) is 0 Å². The molecule has 15 heavy (non-hydrogen) atoms. The predicted molar refractivity (Wildman–Crippen MR) is 58.9 cm³/mol. The summed E-state index contributed by atoms with van der Waals surface area (Å²) in [6.45, 7) is 2.65. The van der Waals surface area contributed by atoms with Crippen LogP contribution in [0.1, 0.15) is 15.9 Å². The van der Waals surface area contributed by atoms with Gasteiger partial charge >= 0.3 is 0 Å². The molecule has 0 bridgehead atoms. The molecular weight excluding hydrogens is 192 g/mol. The minimum atomic E-state index is -0.207. The summed E-state index contributed by atoms with van der Waals surface area (Å²) in [5, 5.41) is 9.71. The molecule has 4 heteroatoms. The molecule has 0 aromatic heterocycles. The Kier molecular flexibility index (Phi) is 3.68. The van der Waals surface area contributed by atoms with Gasteiger partial charge < -0.3 is 15.7 Å². The number of amides is 1. The number of carbonyl (C=O) groups excluding carboxylic acids is 1. The Balaban J connectivity index is 2.96. The minimum Gasteiger partial charge on any atom is -0.507 e. The third-order valence-electron chi connectivity index (χ3n) is 2.28. The first-order chi connectivity index (χ1) is 7.07. The van der Waals surface area contributed by atoms with Gasteiger partial charge in [-0.05, 0) is 18.6 Å². The Morgan fingerprint density at radius 1 is 1.53 bits per heavy atom. The summed E-state index contributed by atoms with van der Waals surface area (Å²) in [4.78, 5) is 13.3. The minimum absolute atomic E-state index is 0.0476. The summed E-state index contributed by atoms with van der Waals surface area (Å²) in [6, 6.07) is 5.12. The second kappa shape index (κ2) is 4.79. The van der Waals surface area contributed by atoms with Gasteiger partial charge in [-0.25, -0.2) is 0 Å². The molecule has 0 atom stereocenters. The highest BCUT2D eigenvalue weighted by Crippen LogP contribution is 2.22. The second-order valence-corrected chi connectivity index (χ2v) is 3.49. The lowest BCUT2D eigenvalue weighted by atomic mass is 10.1. The number of carbonyl (C=O) groups is 1. The lowest BCUT2D eigenvalue weighted by molar-refractivity contribution is 0.0796. The van der Waals surface area contributed by atoms with Crippen molar-refractivity contribution in [3.8, 4) is 5.75 Å². The van der Waals surface area contributed by atoms with E-state index in [9.17, 15) is 9.90 Å².